The molecule has 0 aromatic carbocycles. The summed E-state index contributed by atoms with van der Waals surface area (Å²) in [5.74, 6) is -0.206. The third-order valence-electron chi connectivity index (χ3n) is 2.38. The molecular formula is C10H13N5O2S. The van der Waals surface area contributed by atoms with Gasteiger partial charge in [0.25, 0.3) is 0 Å². The highest BCUT2D eigenvalue weighted by molar-refractivity contribution is 7.14. The molecule has 0 saturated carbocycles. The molecule has 1 N–H and O–H groups in total. The van der Waals surface area contributed by atoms with E-state index in [1.165, 1.54) is 11.3 Å². The molecule has 96 valence electrons. The Balaban J connectivity index is 2.15. The van der Waals surface area contributed by atoms with E-state index in [1.54, 1.807) is 10.9 Å². The van der Waals surface area contributed by atoms with Crippen molar-refractivity contribution in [2.75, 3.05) is 0 Å². The molecule has 0 spiro atoms. The van der Waals surface area contributed by atoms with Crippen molar-refractivity contribution in [1.82, 2.24) is 25.2 Å². The first-order chi connectivity index (χ1) is 8.56. The lowest BCUT2D eigenvalue weighted by Crippen LogP contribution is -2.13. The van der Waals surface area contributed by atoms with Gasteiger partial charge < -0.3 is 5.11 Å². The minimum absolute atomic E-state index is 0.0289. The second-order valence-electron chi connectivity index (χ2n) is 4.13. The van der Waals surface area contributed by atoms with Gasteiger partial charge in [-0.3, -0.25) is 4.79 Å². The second-order valence-corrected chi connectivity index (χ2v) is 5.37. The first kappa shape index (κ1) is 12.6. The average Bonchev–Trinajstić information content (AvgIpc) is 2.85. The van der Waals surface area contributed by atoms with Crippen molar-refractivity contribution in [3.63, 3.8) is 0 Å². The monoisotopic (exact) mass is 267 g/mol. The highest BCUT2D eigenvalue weighted by Gasteiger charge is 2.15. The third kappa shape index (κ3) is 2.89. The summed E-state index contributed by atoms with van der Waals surface area (Å²) in [6.45, 7) is 4.25. The SMILES string of the molecule is Cc1ncc(-c2nnnn2CC(C)CC(=O)O)s1. The summed E-state index contributed by atoms with van der Waals surface area (Å²) in [5.41, 5.74) is 0. The van der Waals surface area contributed by atoms with Crippen molar-refractivity contribution in [3.8, 4) is 10.7 Å². The number of tetrazole rings is 1. The first-order valence-electron chi connectivity index (χ1n) is 5.47. The topological polar surface area (TPSA) is 93.8 Å². The largest absolute Gasteiger partial charge is 0.481 e. The number of nitrogens with zero attached hydrogens (tertiary/aromatic N) is 5. The number of carboxylic acid groups (broad SMARTS) is 1. The van der Waals surface area contributed by atoms with Crippen LogP contribution in [-0.2, 0) is 11.3 Å². The van der Waals surface area contributed by atoms with Crippen LogP contribution in [0.1, 0.15) is 18.4 Å². The fraction of sp³-hybridized carbons (Fsp3) is 0.500. The van der Waals surface area contributed by atoms with E-state index < -0.39 is 5.97 Å². The van der Waals surface area contributed by atoms with Crippen LogP contribution < -0.4 is 0 Å². The predicted octanol–water partition coefficient (Wildman–Crippen LogP) is 1.22. The lowest BCUT2D eigenvalue weighted by molar-refractivity contribution is -0.138. The quantitative estimate of drug-likeness (QED) is 0.875. The van der Waals surface area contributed by atoms with Gasteiger partial charge >= 0.3 is 5.97 Å². The molecule has 0 saturated heterocycles. The minimum atomic E-state index is -0.814. The summed E-state index contributed by atoms with van der Waals surface area (Å²) in [5, 5.41) is 21.2. The molecule has 0 aliphatic carbocycles. The number of carboxylic acids is 1. The molecule has 18 heavy (non-hydrogen) atoms. The number of aryl methyl sites for hydroxylation is 1. The van der Waals surface area contributed by atoms with Gasteiger partial charge in [-0.15, -0.1) is 16.4 Å². The number of hydrogen-bond acceptors (Lipinski definition) is 6. The lowest BCUT2D eigenvalue weighted by atomic mass is 10.1. The van der Waals surface area contributed by atoms with Crippen LogP contribution in [0.5, 0.6) is 0 Å². The first-order valence-corrected chi connectivity index (χ1v) is 6.28. The fourth-order valence-corrected chi connectivity index (χ4v) is 2.39. The zero-order valence-electron chi connectivity index (χ0n) is 10.1. The van der Waals surface area contributed by atoms with Crippen LogP contribution >= 0.6 is 11.3 Å². The molecule has 2 aromatic heterocycles. The molecule has 0 bridgehead atoms. The summed E-state index contributed by atoms with van der Waals surface area (Å²) in [7, 11) is 0. The second kappa shape index (κ2) is 5.21. The number of hydrogen-bond donors (Lipinski definition) is 1. The minimum Gasteiger partial charge on any atom is -0.481 e. The molecule has 1 unspecified atom stereocenters. The number of aliphatic carboxylic acids is 1. The predicted molar refractivity (Wildman–Crippen MR) is 65.1 cm³/mol. The molecular weight excluding hydrogens is 254 g/mol. The van der Waals surface area contributed by atoms with Crippen LogP contribution in [0.2, 0.25) is 0 Å². The molecule has 7 nitrogen and oxygen atoms in total. The van der Waals surface area contributed by atoms with Gasteiger partial charge in [-0.1, -0.05) is 6.92 Å². The van der Waals surface area contributed by atoms with E-state index in [0.717, 1.165) is 9.88 Å². The maximum Gasteiger partial charge on any atom is 0.303 e. The Kier molecular flexibility index (Phi) is 3.66. The molecule has 8 heteroatoms. The number of carbonyl (C=O) groups is 1. The van der Waals surface area contributed by atoms with Crippen LogP contribution in [0.25, 0.3) is 10.7 Å². The van der Waals surface area contributed by atoms with E-state index in [2.05, 4.69) is 20.5 Å². The standard InChI is InChI=1S/C10H13N5O2S/c1-6(3-9(16)17)5-15-10(12-13-14-15)8-4-11-7(2)18-8/h4,6H,3,5H2,1-2H3,(H,16,17). The number of thiazole rings is 1. The summed E-state index contributed by atoms with van der Waals surface area (Å²) in [4.78, 5) is 15.7. The lowest BCUT2D eigenvalue weighted by Gasteiger charge is -2.08. The Morgan fingerprint density at radius 1 is 1.61 bits per heavy atom. The average molecular weight is 267 g/mol. The number of rotatable bonds is 5. The molecule has 1 atom stereocenters. The molecule has 0 amide bonds. The molecule has 0 aliphatic rings. The molecule has 0 aliphatic heterocycles. The number of aromatic nitrogens is 5. The van der Waals surface area contributed by atoms with Crippen LogP contribution in [0, 0.1) is 12.8 Å². The maximum atomic E-state index is 10.6. The summed E-state index contributed by atoms with van der Waals surface area (Å²) in [6, 6.07) is 0. The summed E-state index contributed by atoms with van der Waals surface area (Å²) < 4.78 is 1.63. The Bertz CT molecular complexity index is 550. The molecule has 0 radical (unpaired) electrons. The fourth-order valence-electron chi connectivity index (χ4n) is 1.63. The Hall–Kier alpha value is -1.83. The van der Waals surface area contributed by atoms with Crippen molar-refractivity contribution in [3.05, 3.63) is 11.2 Å². The maximum absolute atomic E-state index is 10.6. The summed E-state index contributed by atoms with van der Waals surface area (Å²) >= 11 is 1.51. The van der Waals surface area contributed by atoms with E-state index in [1.807, 2.05) is 13.8 Å². The van der Waals surface area contributed by atoms with Gasteiger partial charge in [-0.2, -0.15) is 0 Å². The van der Waals surface area contributed by atoms with E-state index >= 15 is 0 Å². The van der Waals surface area contributed by atoms with Crippen molar-refractivity contribution < 1.29 is 9.90 Å². The zero-order chi connectivity index (χ0) is 13.1. The summed E-state index contributed by atoms with van der Waals surface area (Å²) in [6.07, 6.45) is 1.82. The van der Waals surface area contributed by atoms with Crippen LogP contribution in [0.15, 0.2) is 6.20 Å². The molecule has 0 fully saturated rings. The van der Waals surface area contributed by atoms with Gasteiger partial charge in [0.2, 0.25) is 0 Å². The third-order valence-corrected chi connectivity index (χ3v) is 3.29. The van der Waals surface area contributed by atoms with Gasteiger partial charge in [0.05, 0.1) is 9.88 Å². The van der Waals surface area contributed by atoms with Crippen LogP contribution in [-0.4, -0.2) is 36.3 Å². The van der Waals surface area contributed by atoms with Gasteiger partial charge in [-0.05, 0) is 23.3 Å². The highest BCUT2D eigenvalue weighted by Crippen LogP contribution is 2.23. The molecule has 2 heterocycles. The van der Waals surface area contributed by atoms with E-state index in [9.17, 15) is 4.79 Å². The smallest absolute Gasteiger partial charge is 0.303 e. The molecule has 2 rings (SSSR count). The van der Waals surface area contributed by atoms with E-state index in [4.69, 9.17) is 5.11 Å². The Morgan fingerprint density at radius 3 is 3.00 bits per heavy atom. The Morgan fingerprint density at radius 2 is 2.39 bits per heavy atom. The van der Waals surface area contributed by atoms with Crippen molar-refractivity contribution >= 4 is 17.3 Å². The molecule has 2 aromatic rings. The van der Waals surface area contributed by atoms with E-state index in [0.29, 0.717) is 12.4 Å². The van der Waals surface area contributed by atoms with Crippen molar-refractivity contribution in [2.24, 2.45) is 5.92 Å². The highest BCUT2D eigenvalue weighted by atomic mass is 32.1. The zero-order valence-corrected chi connectivity index (χ0v) is 10.9. The van der Waals surface area contributed by atoms with Crippen LogP contribution in [0.3, 0.4) is 0 Å². The van der Waals surface area contributed by atoms with E-state index in [-0.39, 0.29) is 12.3 Å². The van der Waals surface area contributed by atoms with Crippen molar-refractivity contribution in [1.29, 1.82) is 0 Å². The van der Waals surface area contributed by atoms with Gasteiger partial charge in [0.1, 0.15) is 0 Å². The van der Waals surface area contributed by atoms with Gasteiger partial charge in [-0.25, -0.2) is 9.67 Å². The Labute approximate surface area is 107 Å². The van der Waals surface area contributed by atoms with Crippen LogP contribution in [0.4, 0.5) is 0 Å². The normalized spacial score (nSPS) is 12.6. The van der Waals surface area contributed by atoms with Gasteiger partial charge in [0.15, 0.2) is 5.82 Å². The van der Waals surface area contributed by atoms with Crippen molar-refractivity contribution in [2.45, 2.75) is 26.8 Å². The van der Waals surface area contributed by atoms with Gasteiger partial charge in [0, 0.05) is 19.2 Å².